The summed E-state index contributed by atoms with van der Waals surface area (Å²) in [5, 5.41) is 11.5. The first-order valence-electron chi connectivity index (χ1n) is 11.4. The third kappa shape index (κ3) is 8.94. The lowest BCUT2D eigenvalue weighted by molar-refractivity contribution is -0.116. The van der Waals surface area contributed by atoms with Crippen LogP contribution < -0.4 is 21.3 Å². The summed E-state index contributed by atoms with van der Waals surface area (Å²) in [6.07, 6.45) is 1.08. The molecule has 0 saturated heterocycles. The molecule has 0 aliphatic carbocycles. The number of aryl methyl sites for hydroxylation is 1. The maximum atomic E-state index is 12.3. The zero-order chi connectivity index (χ0) is 24.9. The van der Waals surface area contributed by atoms with Crippen molar-refractivity contribution in [2.75, 3.05) is 42.8 Å². The highest BCUT2D eigenvalue weighted by molar-refractivity contribution is 5.96. The van der Waals surface area contributed by atoms with Gasteiger partial charge in [0.15, 0.2) is 0 Å². The Balaban J connectivity index is 1.39. The fourth-order valence-electron chi connectivity index (χ4n) is 3.26. The largest absolute Gasteiger partial charge is 0.383 e. The van der Waals surface area contributed by atoms with E-state index >= 15 is 0 Å². The molecule has 35 heavy (non-hydrogen) atoms. The highest BCUT2D eigenvalue weighted by Crippen LogP contribution is 2.15. The molecule has 3 amide bonds. The van der Waals surface area contributed by atoms with Crippen LogP contribution in [0.2, 0.25) is 0 Å². The number of hydrogen-bond acceptors (Lipinski definition) is 5. The van der Waals surface area contributed by atoms with Crippen LogP contribution in [-0.4, -0.2) is 44.5 Å². The number of hydrogen-bond donors (Lipinski definition) is 4. The molecule has 3 aromatic rings. The van der Waals surface area contributed by atoms with E-state index in [0.29, 0.717) is 42.9 Å². The predicted molar refractivity (Wildman–Crippen MR) is 138 cm³/mol. The zero-order valence-corrected chi connectivity index (χ0v) is 19.7. The Morgan fingerprint density at radius 1 is 0.743 bits per heavy atom. The molecule has 0 aliphatic heterocycles. The lowest BCUT2D eigenvalue weighted by Gasteiger charge is -2.10. The summed E-state index contributed by atoms with van der Waals surface area (Å²) < 4.78 is 4.91. The molecule has 0 saturated carbocycles. The summed E-state index contributed by atoms with van der Waals surface area (Å²) in [7, 11) is 1.58. The molecule has 0 unspecified atom stereocenters. The van der Waals surface area contributed by atoms with Gasteiger partial charge in [-0.2, -0.15) is 0 Å². The summed E-state index contributed by atoms with van der Waals surface area (Å²) in [5.74, 6) is -0.457. The maximum Gasteiger partial charge on any atom is 0.251 e. The number of carbonyl (C=O) groups excluding carboxylic acids is 3. The molecule has 0 fully saturated rings. The second-order valence-electron chi connectivity index (χ2n) is 7.84. The SMILES string of the molecule is COCCNC(=O)c1ccc(NCC(=O)Nc2ccc(NC(=O)CCc3ccccc3)cc2)cc1. The average Bonchev–Trinajstić information content (AvgIpc) is 2.88. The first-order valence-corrected chi connectivity index (χ1v) is 11.4. The topological polar surface area (TPSA) is 109 Å². The molecule has 3 aromatic carbocycles. The van der Waals surface area contributed by atoms with Crippen molar-refractivity contribution in [1.82, 2.24) is 5.32 Å². The number of methoxy groups -OCH3 is 1. The molecule has 0 spiro atoms. The number of ether oxygens (including phenoxy) is 1. The van der Waals surface area contributed by atoms with Gasteiger partial charge in [-0.1, -0.05) is 30.3 Å². The molecule has 0 aliphatic rings. The third-order valence-electron chi connectivity index (χ3n) is 5.13. The van der Waals surface area contributed by atoms with Gasteiger partial charge in [0, 0.05) is 42.7 Å². The van der Waals surface area contributed by atoms with Crippen LogP contribution in [-0.2, 0) is 20.7 Å². The van der Waals surface area contributed by atoms with E-state index in [1.54, 1.807) is 55.6 Å². The van der Waals surface area contributed by atoms with Crippen molar-refractivity contribution in [2.45, 2.75) is 12.8 Å². The van der Waals surface area contributed by atoms with Crippen molar-refractivity contribution >= 4 is 34.8 Å². The standard InChI is InChI=1S/C27H30N4O4/c1-35-18-17-28-27(34)21-8-10-22(11-9-21)29-19-26(33)31-24-14-12-23(13-15-24)30-25(32)16-7-20-5-3-2-4-6-20/h2-6,8-15,29H,7,16-19H2,1H3,(H,28,34)(H,30,32)(H,31,33). The Hall–Kier alpha value is -4.17. The Morgan fingerprint density at radius 2 is 1.34 bits per heavy atom. The minimum atomic E-state index is -0.217. The van der Waals surface area contributed by atoms with Gasteiger partial charge in [0.2, 0.25) is 11.8 Å². The van der Waals surface area contributed by atoms with Crippen LogP contribution in [0.1, 0.15) is 22.3 Å². The Labute approximate surface area is 205 Å². The first kappa shape index (κ1) is 25.5. The summed E-state index contributed by atoms with van der Waals surface area (Å²) in [5.41, 5.74) is 3.67. The molecule has 0 atom stereocenters. The fourth-order valence-corrected chi connectivity index (χ4v) is 3.26. The zero-order valence-electron chi connectivity index (χ0n) is 19.7. The smallest absolute Gasteiger partial charge is 0.251 e. The van der Waals surface area contributed by atoms with Crippen molar-refractivity contribution in [2.24, 2.45) is 0 Å². The predicted octanol–water partition coefficient (Wildman–Crippen LogP) is 3.68. The van der Waals surface area contributed by atoms with E-state index in [0.717, 1.165) is 11.3 Å². The summed E-state index contributed by atoms with van der Waals surface area (Å²) in [6.45, 7) is 0.959. The fraction of sp³-hybridized carbons (Fsp3) is 0.222. The molecule has 8 nitrogen and oxygen atoms in total. The van der Waals surface area contributed by atoms with Crippen molar-refractivity contribution in [3.63, 3.8) is 0 Å². The number of benzene rings is 3. The van der Waals surface area contributed by atoms with Gasteiger partial charge in [0.1, 0.15) is 0 Å². The highest BCUT2D eigenvalue weighted by Gasteiger charge is 2.07. The van der Waals surface area contributed by atoms with Crippen LogP contribution in [0.25, 0.3) is 0 Å². The van der Waals surface area contributed by atoms with E-state index in [2.05, 4.69) is 21.3 Å². The minimum absolute atomic E-state index is 0.0617. The molecular weight excluding hydrogens is 444 g/mol. The van der Waals surface area contributed by atoms with Crippen molar-refractivity contribution in [1.29, 1.82) is 0 Å². The Bertz CT molecular complexity index is 1100. The molecule has 8 heteroatoms. The van der Waals surface area contributed by atoms with Crippen molar-refractivity contribution in [3.05, 3.63) is 90.0 Å². The molecular formula is C27H30N4O4. The van der Waals surface area contributed by atoms with Gasteiger partial charge in [-0.15, -0.1) is 0 Å². The molecule has 0 heterocycles. The Morgan fingerprint density at radius 3 is 1.97 bits per heavy atom. The molecule has 182 valence electrons. The molecule has 0 radical (unpaired) electrons. The molecule has 3 rings (SSSR count). The number of nitrogens with one attached hydrogen (secondary N) is 4. The van der Waals surface area contributed by atoms with Gasteiger partial charge in [0.25, 0.3) is 5.91 Å². The van der Waals surface area contributed by atoms with Crippen LogP contribution in [0.15, 0.2) is 78.9 Å². The average molecular weight is 475 g/mol. The van der Waals surface area contributed by atoms with E-state index in [-0.39, 0.29) is 24.3 Å². The van der Waals surface area contributed by atoms with Crippen LogP contribution in [0, 0.1) is 0 Å². The first-order chi connectivity index (χ1) is 17.0. The van der Waals surface area contributed by atoms with Gasteiger partial charge in [-0.3, -0.25) is 14.4 Å². The van der Waals surface area contributed by atoms with Crippen LogP contribution in [0.4, 0.5) is 17.1 Å². The monoisotopic (exact) mass is 474 g/mol. The van der Waals surface area contributed by atoms with Crippen LogP contribution in [0.5, 0.6) is 0 Å². The van der Waals surface area contributed by atoms with Gasteiger partial charge in [-0.05, 0) is 60.5 Å². The quantitative estimate of drug-likeness (QED) is 0.300. The lowest BCUT2D eigenvalue weighted by atomic mass is 10.1. The van der Waals surface area contributed by atoms with Crippen LogP contribution >= 0.6 is 0 Å². The molecule has 4 N–H and O–H groups in total. The van der Waals surface area contributed by atoms with E-state index in [4.69, 9.17) is 4.74 Å². The van der Waals surface area contributed by atoms with Gasteiger partial charge in [0.05, 0.1) is 13.2 Å². The summed E-state index contributed by atoms with van der Waals surface area (Å²) in [4.78, 5) is 36.4. The normalized spacial score (nSPS) is 10.3. The molecule has 0 aromatic heterocycles. The second kappa shape index (κ2) is 13.5. The van der Waals surface area contributed by atoms with Crippen LogP contribution in [0.3, 0.4) is 0 Å². The Kier molecular flexibility index (Phi) is 9.83. The third-order valence-corrected chi connectivity index (χ3v) is 5.13. The van der Waals surface area contributed by atoms with Gasteiger partial charge >= 0.3 is 0 Å². The summed E-state index contributed by atoms with van der Waals surface area (Å²) >= 11 is 0. The second-order valence-corrected chi connectivity index (χ2v) is 7.84. The number of amides is 3. The number of rotatable bonds is 12. The minimum Gasteiger partial charge on any atom is -0.383 e. The highest BCUT2D eigenvalue weighted by atomic mass is 16.5. The van der Waals surface area contributed by atoms with Crippen molar-refractivity contribution in [3.8, 4) is 0 Å². The van der Waals surface area contributed by atoms with E-state index in [9.17, 15) is 14.4 Å². The molecule has 0 bridgehead atoms. The van der Waals surface area contributed by atoms with E-state index < -0.39 is 0 Å². The summed E-state index contributed by atoms with van der Waals surface area (Å²) in [6, 6.07) is 23.7. The van der Waals surface area contributed by atoms with Gasteiger partial charge in [-0.25, -0.2) is 0 Å². The maximum absolute atomic E-state index is 12.3. The lowest BCUT2D eigenvalue weighted by Crippen LogP contribution is -2.26. The van der Waals surface area contributed by atoms with Crippen molar-refractivity contribution < 1.29 is 19.1 Å². The van der Waals surface area contributed by atoms with E-state index in [1.165, 1.54) is 0 Å². The van der Waals surface area contributed by atoms with E-state index in [1.807, 2.05) is 30.3 Å². The van der Waals surface area contributed by atoms with Gasteiger partial charge < -0.3 is 26.0 Å². The number of anilines is 3. The number of carbonyl (C=O) groups is 3.